The fourth-order valence-corrected chi connectivity index (χ4v) is 1.45. The lowest BCUT2D eigenvalue weighted by Crippen LogP contribution is -2.09. The van der Waals surface area contributed by atoms with Gasteiger partial charge < -0.3 is 5.11 Å². The number of thioether (sulfide) groups is 1. The smallest absolute Gasteiger partial charge is 0.349 e. The number of hydrogen-bond donors (Lipinski definition) is 1. The standard InChI is InChI=1S/C8H6FNO4S/c9-7(8(11)12)15-6-3-1-5(2-4-6)10(13)14/h1-4,7H,(H,11,12). The van der Waals surface area contributed by atoms with Crippen molar-refractivity contribution in [1.29, 1.82) is 0 Å². The maximum atomic E-state index is 12.7. The van der Waals surface area contributed by atoms with E-state index in [9.17, 15) is 19.3 Å². The second-order valence-electron chi connectivity index (χ2n) is 2.52. The van der Waals surface area contributed by atoms with E-state index in [0.717, 1.165) is 0 Å². The Morgan fingerprint density at radius 1 is 1.47 bits per heavy atom. The first kappa shape index (κ1) is 11.4. The highest BCUT2D eigenvalue weighted by Crippen LogP contribution is 2.26. The number of non-ortho nitro benzene ring substituents is 1. The summed E-state index contributed by atoms with van der Waals surface area (Å²) in [6, 6.07) is 4.99. The minimum atomic E-state index is -2.06. The van der Waals surface area contributed by atoms with Crippen LogP contribution in [-0.2, 0) is 4.79 Å². The SMILES string of the molecule is O=C(O)C(F)Sc1ccc([N+](=O)[O-])cc1. The van der Waals surface area contributed by atoms with Gasteiger partial charge in [-0.3, -0.25) is 10.1 Å². The normalized spacial score (nSPS) is 12.1. The number of carboxylic acid groups (broad SMARTS) is 1. The molecule has 0 spiro atoms. The second-order valence-corrected chi connectivity index (χ2v) is 3.64. The summed E-state index contributed by atoms with van der Waals surface area (Å²) in [5, 5.41) is 18.6. The fraction of sp³-hybridized carbons (Fsp3) is 0.125. The van der Waals surface area contributed by atoms with Gasteiger partial charge in [0, 0.05) is 17.0 Å². The van der Waals surface area contributed by atoms with Crippen molar-refractivity contribution < 1.29 is 19.2 Å². The molecule has 1 unspecified atom stereocenters. The Morgan fingerprint density at radius 3 is 2.40 bits per heavy atom. The topological polar surface area (TPSA) is 80.4 Å². The lowest BCUT2D eigenvalue weighted by Gasteiger charge is -2.01. The molecule has 1 aromatic carbocycles. The average Bonchev–Trinajstić information content (AvgIpc) is 2.18. The first-order chi connectivity index (χ1) is 7.00. The van der Waals surface area contributed by atoms with Gasteiger partial charge in [-0.1, -0.05) is 11.8 Å². The Bertz CT molecular complexity index is 381. The molecular weight excluding hydrogens is 225 g/mol. The van der Waals surface area contributed by atoms with Gasteiger partial charge in [-0.15, -0.1) is 0 Å². The quantitative estimate of drug-likeness (QED) is 0.487. The number of hydrogen-bond acceptors (Lipinski definition) is 4. The number of halogens is 1. The highest BCUT2D eigenvalue weighted by molar-refractivity contribution is 8.00. The molecule has 0 bridgehead atoms. The molecule has 5 nitrogen and oxygen atoms in total. The van der Waals surface area contributed by atoms with Crippen LogP contribution in [0.4, 0.5) is 10.1 Å². The molecule has 0 saturated heterocycles. The lowest BCUT2D eigenvalue weighted by molar-refractivity contribution is -0.384. The van der Waals surface area contributed by atoms with Crippen LogP contribution in [0.2, 0.25) is 0 Å². The first-order valence-corrected chi connectivity index (χ1v) is 4.66. The Hall–Kier alpha value is -1.63. The van der Waals surface area contributed by atoms with Gasteiger partial charge in [-0.2, -0.15) is 0 Å². The van der Waals surface area contributed by atoms with E-state index in [1.165, 1.54) is 24.3 Å². The van der Waals surface area contributed by atoms with E-state index in [4.69, 9.17) is 5.11 Å². The van der Waals surface area contributed by atoms with Crippen LogP contribution >= 0.6 is 11.8 Å². The number of nitrogens with zero attached hydrogens (tertiary/aromatic N) is 1. The van der Waals surface area contributed by atoms with Crippen LogP contribution in [0.3, 0.4) is 0 Å². The third-order valence-corrected chi connectivity index (χ3v) is 2.43. The summed E-state index contributed by atoms with van der Waals surface area (Å²) in [5.74, 6) is -1.57. The second kappa shape index (κ2) is 4.74. The Balaban J connectivity index is 2.72. The molecular formula is C8H6FNO4S. The van der Waals surface area contributed by atoms with Crippen molar-refractivity contribution in [3.63, 3.8) is 0 Å². The van der Waals surface area contributed by atoms with Gasteiger partial charge in [0.15, 0.2) is 0 Å². The average molecular weight is 231 g/mol. The highest BCUT2D eigenvalue weighted by Gasteiger charge is 2.17. The summed E-state index contributed by atoms with van der Waals surface area (Å²) >= 11 is 0.483. The van der Waals surface area contributed by atoms with Crippen molar-refractivity contribution in [1.82, 2.24) is 0 Å². The number of carboxylic acids is 1. The predicted octanol–water partition coefficient (Wildman–Crippen LogP) is 2.07. The van der Waals surface area contributed by atoms with E-state index < -0.39 is 16.4 Å². The number of aliphatic carboxylic acids is 1. The molecule has 1 N–H and O–H groups in total. The van der Waals surface area contributed by atoms with Crippen LogP contribution in [0.15, 0.2) is 29.2 Å². The minimum absolute atomic E-state index is 0.120. The molecule has 1 aromatic rings. The molecule has 0 aromatic heterocycles. The van der Waals surface area contributed by atoms with Crippen molar-refractivity contribution >= 4 is 23.4 Å². The number of nitro benzene ring substituents is 1. The zero-order valence-corrected chi connectivity index (χ0v) is 8.11. The van der Waals surface area contributed by atoms with Crippen molar-refractivity contribution in [2.24, 2.45) is 0 Å². The number of benzene rings is 1. The third kappa shape index (κ3) is 3.21. The maximum absolute atomic E-state index is 12.7. The van der Waals surface area contributed by atoms with E-state index in [0.29, 0.717) is 16.7 Å². The van der Waals surface area contributed by atoms with Gasteiger partial charge in [-0.05, 0) is 12.1 Å². The third-order valence-electron chi connectivity index (χ3n) is 1.48. The molecule has 0 amide bonds. The Labute approximate surface area is 88.1 Å². The minimum Gasteiger partial charge on any atom is -0.478 e. The van der Waals surface area contributed by atoms with Gasteiger partial charge in [0.05, 0.1) is 4.92 Å². The monoisotopic (exact) mass is 231 g/mol. The van der Waals surface area contributed by atoms with E-state index in [1.807, 2.05) is 0 Å². The van der Waals surface area contributed by atoms with Gasteiger partial charge in [0.25, 0.3) is 5.69 Å². The highest BCUT2D eigenvalue weighted by atomic mass is 32.2. The lowest BCUT2D eigenvalue weighted by atomic mass is 10.3. The van der Waals surface area contributed by atoms with Crippen molar-refractivity contribution in [3.8, 4) is 0 Å². The molecule has 80 valence electrons. The van der Waals surface area contributed by atoms with Crippen molar-refractivity contribution in [3.05, 3.63) is 34.4 Å². The van der Waals surface area contributed by atoms with Crippen LogP contribution in [0.25, 0.3) is 0 Å². The number of rotatable bonds is 4. The summed E-state index contributed by atoms with van der Waals surface area (Å²) in [5.41, 5.74) is -2.18. The van der Waals surface area contributed by atoms with Crippen LogP contribution in [-0.4, -0.2) is 21.5 Å². The van der Waals surface area contributed by atoms with E-state index in [-0.39, 0.29) is 5.69 Å². The van der Waals surface area contributed by atoms with Crippen molar-refractivity contribution in [2.45, 2.75) is 10.4 Å². The summed E-state index contributed by atoms with van der Waals surface area (Å²) in [7, 11) is 0. The van der Waals surface area contributed by atoms with Crippen LogP contribution in [0.1, 0.15) is 0 Å². The zero-order valence-electron chi connectivity index (χ0n) is 7.29. The molecule has 0 aliphatic heterocycles. The fourth-order valence-electron chi connectivity index (χ4n) is 0.816. The Morgan fingerprint density at radius 2 is 2.00 bits per heavy atom. The van der Waals surface area contributed by atoms with E-state index >= 15 is 0 Å². The summed E-state index contributed by atoms with van der Waals surface area (Å²) in [6.07, 6.45) is 0. The summed E-state index contributed by atoms with van der Waals surface area (Å²) in [6.45, 7) is 0. The van der Waals surface area contributed by atoms with Gasteiger partial charge >= 0.3 is 5.97 Å². The zero-order chi connectivity index (χ0) is 11.4. The van der Waals surface area contributed by atoms with Crippen LogP contribution in [0, 0.1) is 10.1 Å². The van der Waals surface area contributed by atoms with Gasteiger partial charge in [-0.25, -0.2) is 9.18 Å². The molecule has 7 heteroatoms. The molecule has 0 heterocycles. The predicted molar refractivity (Wildman–Crippen MR) is 51.5 cm³/mol. The van der Waals surface area contributed by atoms with Crippen molar-refractivity contribution in [2.75, 3.05) is 0 Å². The van der Waals surface area contributed by atoms with Crippen LogP contribution < -0.4 is 0 Å². The van der Waals surface area contributed by atoms with E-state index in [2.05, 4.69) is 0 Å². The molecule has 0 radical (unpaired) electrons. The number of alkyl halides is 1. The molecule has 0 fully saturated rings. The summed E-state index contributed by atoms with van der Waals surface area (Å²) in [4.78, 5) is 20.2. The van der Waals surface area contributed by atoms with Gasteiger partial charge in [0.1, 0.15) is 0 Å². The largest absolute Gasteiger partial charge is 0.478 e. The van der Waals surface area contributed by atoms with E-state index in [1.54, 1.807) is 0 Å². The number of nitro groups is 1. The molecule has 15 heavy (non-hydrogen) atoms. The molecule has 0 aliphatic carbocycles. The van der Waals surface area contributed by atoms with Crippen LogP contribution in [0.5, 0.6) is 0 Å². The molecule has 0 aliphatic rings. The molecule has 0 saturated carbocycles. The summed E-state index contributed by atoms with van der Waals surface area (Å²) < 4.78 is 12.7. The molecule has 1 rings (SSSR count). The Kier molecular flexibility index (Phi) is 3.62. The maximum Gasteiger partial charge on any atom is 0.349 e. The van der Waals surface area contributed by atoms with Gasteiger partial charge in [0.2, 0.25) is 5.50 Å². The number of carbonyl (C=O) groups is 1. The molecule has 1 atom stereocenters. The first-order valence-electron chi connectivity index (χ1n) is 3.78.